The number of para-hydroxylation sites is 1. The highest BCUT2D eigenvalue weighted by Crippen LogP contribution is 2.30. The third-order valence-corrected chi connectivity index (χ3v) is 4.20. The Morgan fingerprint density at radius 2 is 1.90 bits per heavy atom. The van der Waals surface area contributed by atoms with Gasteiger partial charge in [-0.1, -0.05) is 30.3 Å². The molecule has 1 heterocycles. The van der Waals surface area contributed by atoms with Gasteiger partial charge in [-0.25, -0.2) is 0 Å². The minimum absolute atomic E-state index is 0.444. The van der Waals surface area contributed by atoms with E-state index in [0.717, 1.165) is 18.7 Å². The number of nitrogens with one attached hydrogen (secondary N) is 1. The van der Waals surface area contributed by atoms with Gasteiger partial charge in [0, 0.05) is 25.5 Å². The SMILES string of the molecule is CNc1ccc(COCC2Cc3ccccc3N2C)cc1. The second-order valence-corrected chi connectivity index (χ2v) is 5.56. The predicted molar refractivity (Wildman–Crippen MR) is 88.0 cm³/mol. The molecule has 0 aromatic heterocycles. The number of hydrogen-bond donors (Lipinski definition) is 1. The Balaban J connectivity index is 1.52. The van der Waals surface area contributed by atoms with Gasteiger partial charge in [0.2, 0.25) is 0 Å². The summed E-state index contributed by atoms with van der Waals surface area (Å²) in [5.74, 6) is 0. The number of hydrogen-bond acceptors (Lipinski definition) is 3. The van der Waals surface area contributed by atoms with Crippen molar-refractivity contribution in [2.24, 2.45) is 0 Å². The highest BCUT2D eigenvalue weighted by atomic mass is 16.5. The monoisotopic (exact) mass is 282 g/mol. The molecule has 1 atom stereocenters. The van der Waals surface area contributed by atoms with Crippen molar-refractivity contribution in [3.05, 3.63) is 59.7 Å². The number of anilines is 2. The lowest BCUT2D eigenvalue weighted by Gasteiger charge is -2.22. The fourth-order valence-corrected chi connectivity index (χ4v) is 2.87. The molecule has 0 amide bonds. The average molecular weight is 282 g/mol. The van der Waals surface area contributed by atoms with Crippen LogP contribution in [-0.4, -0.2) is 26.7 Å². The molecule has 1 aliphatic rings. The third-order valence-electron chi connectivity index (χ3n) is 4.20. The molecular weight excluding hydrogens is 260 g/mol. The molecule has 1 N–H and O–H groups in total. The van der Waals surface area contributed by atoms with Crippen molar-refractivity contribution in [2.75, 3.05) is 30.9 Å². The van der Waals surface area contributed by atoms with Crippen molar-refractivity contribution in [1.29, 1.82) is 0 Å². The van der Waals surface area contributed by atoms with E-state index < -0.39 is 0 Å². The molecule has 21 heavy (non-hydrogen) atoms. The second kappa shape index (κ2) is 6.19. The fraction of sp³-hybridized carbons (Fsp3) is 0.333. The Morgan fingerprint density at radius 3 is 2.62 bits per heavy atom. The smallest absolute Gasteiger partial charge is 0.0717 e. The second-order valence-electron chi connectivity index (χ2n) is 5.56. The lowest BCUT2D eigenvalue weighted by molar-refractivity contribution is 0.108. The van der Waals surface area contributed by atoms with Crippen LogP contribution in [0.15, 0.2) is 48.5 Å². The van der Waals surface area contributed by atoms with Crippen LogP contribution in [0.2, 0.25) is 0 Å². The van der Waals surface area contributed by atoms with Crippen molar-refractivity contribution < 1.29 is 4.74 Å². The van der Waals surface area contributed by atoms with Gasteiger partial charge in [-0.2, -0.15) is 0 Å². The molecule has 0 radical (unpaired) electrons. The third kappa shape index (κ3) is 3.03. The summed E-state index contributed by atoms with van der Waals surface area (Å²) in [4.78, 5) is 2.33. The fourth-order valence-electron chi connectivity index (χ4n) is 2.87. The Morgan fingerprint density at radius 1 is 1.14 bits per heavy atom. The van der Waals surface area contributed by atoms with E-state index >= 15 is 0 Å². The zero-order valence-electron chi connectivity index (χ0n) is 12.7. The number of fused-ring (bicyclic) bond motifs is 1. The molecule has 110 valence electrons. The summed E-state index contributed by atoms with van der Waals surface area (Å²) in [7, 11) is 4.08. The molecule has 0 saturated carbocycles. The van der Waals surface area contributed by atoms with Crippen molar-refractivity contribution in [1.82, 2.24) is 0 Å². The topological polar surface area (TPSA) is 24.5 Å². The number of rotatable bonds is 5. The predicted octanol–water partition coefficient (Wildman–Crippen LogP) is 3.31. The van der Waals surface area contributed by atoms with Crippen molar-refractivity contribution in [3.8, 4) is 0 Å². The van der Waals surface area contributed by atoms with Crippen LogP contribution in [0.25, 0.3) is 0 Å². The Kier molecular flexibility index (Phi) is 4.11. The van der Waals surface area contributed by atoms with Crippen LogP contribution < -0.4 is 10.2 Å². The van der Waals surface area contributed by atoms with Crippen LogP contribution in [0.5, 0.6) is 0 Å². The number of nitrogens with zero attached hydrogens (tertiary/aromatic N) is 1. The molecule has 3 nitrogen and oxygen atoms in total. The van der Waals surface area contributed by atoms with Gasteiger partial charge in [-0.15, -0.1) is 0 Å². The van der Waals surface area contributed by atoms with Gasteiger partial charge in [-0.3, -0.25) is 0 Å². The lowest BCUT2D eigenvalue weighted by Crippen LogP contribution is -2.32. The first-order valence-electron chi connectivity index (χ1n) is 7.43. The van der Waals surface area contributed by atoms with E-state index in [4.69, 9.17) is 4.74 Å². The van der Waals surface area contributed by atoms with Crippen molar-refractivity contribution in [3.63, 3.8) is 0 Å². The largest absolute Gasteiger partial charge is 0.388 e. The summed E-state index contributed by atoms with van der Waals surface area (Å²) in [5.41, 5.74) is 5.10. The summed E-state index contributed by atoms with van der Waals surface area (Å²) in [6.45, 7) is 1.43. The zero-order valence-corrected chi connectivity index (χ0v) is 12.7. The minimum atomic E-state index is 0.444. The molecule has 2 aromatic carbocycles. The zero-order chi connectivity index (χ0) is 14.7. The van der Waals surface area contributed by atoms with Gasteiger partial charge < -0.3 is 15.0 Å². The lowest BCUT2D eigenvalue weighted by atomic mass is 10.1. The van der Waals surface area contributed by atoms with Crippen LogP contribution in [-0.2, 0) is 17.8 Å². The average Bonchev–Trinajstić information content (AvgIpc) is 2.85. The molecule has 0 aliphatic carbocycles. The number of benzene rings is 2. The normalized spacial score (nSPS) is 16.9. The van der Waals surface area contributed by atoms with Crippen LogP contribution >= 0.6 is 0 Å². The Hall–Kier alpha value is -2.00. The van der Waals surface area contributed by atoms with Crippen LogP contribution in [0.4, 0.5) is 11.4 Å². The summed E-state index contributed by atoms with van der Waals surface area (Å²) < 4.78 is 5.92. The summed E-state index contributed by atoms with van der Waals surface area (Å²) in [6, 6.07) is 17.4. The number of ether oxygens (including phenoxy) is 1. The first kappa shape index (κ1) is 14.0. The maximum absolute atomic E-state index is 5.92. The molecular formula is C18H22N2O. The van der Waals surface area contributed by atoms with Crippen molar-refractivity contribution in [2.45, 2.75) is 19.1 Å². The molecule has 1 aliphatic heterocycles. The first-order chi connectivity index (χ1) is 10.3. The van der Waals surface area contributed by atoms with E-state index in [1.807, 2.05) is 7.05 Å². The first-order valence-corrected chi connectivity index (χ1v) is 7.43. The highest BCUT2D eigenvalue weighted by Gasteiger charge is 2.25. The van der Waals surface area contributed by atoms with E-state index in [2.05, 4.69) is 65.8 Å². The standard InChI is InChI=1S/C18H22N2O/c1-19-16-9-7-14(8-10-16)12-21-13-17-11-15-5-3-4-6-18(15)20(17)2/h3-10,17,19H,11-13H2,1-2H3. The van der Waals surface area contributed by atoms with Gasteiger partial charge in [0.1, 0.15) is 0 Å². The quantitative estimate of drug-likeness (QED) is 0.910. The van der Waals surface area contributed by atoms with E-state index in [9.17, 15) is 0 Å². The van der Waals surface area contributed by atoms with Crippen LogP contribution in [0.1, 0.15) is 11.1 Å². The number of likely N-dealkylation sites (N-methyl/N-ethyl adjacent to an activating group) is 1. The van der Waals surface area contributed by atoms with E-state index in [0.29, 0.717) is 12.6 Å². The minimum Gasteiger partial charge on any atom is -0.388 e. The maximum atomic E-state index is 5.92. The van der Waals surface area contributed by atoms with E-state index in [1.165, 1.54) is 16.8 Å². The summed E-state index contributed by atoms with van der Waals surface area (Å²) in [5, 5.41) is 3.12. The Labute approximate surface area is 126 Å². The Bertz CT molecular complexity index is 594. The van der Waals surface area contributed by atoms with Crippen LogP contribution in [0.3, 0.4) is 0 Å². The van der Waals surface area contributed by atoms with E-state index in [1.54, 1.807) is 0 Å². The van der Waals surface area contributed by atoms with Crippen LogP contribution in [0, 0.1) is 0 Å². The molecule has 3 heteroatoms. The molecule has 3 rings (SSSR count). The molecule has 0 bridgehead atoms. The molecule has 1 unspecified atom stereocenters. The van der Waals surface area contributed by atoms with Gasteiger partial charge in [0.25, 0.3) is 0 Å². The summed E-state index contributed by atoms with van der Waals surface area (Å²) in [6.07, 6.45) is 1.07. The molecule has 0 saturated heterocycles. The van der Waals surface area contributed by atoms with Crippen molar-refractivity contribution >= 4 is 11.4 Å². The molecule has 2 aromatic rings. The van der Waals surface area contributed by atoms with Gasteiger partial charge >= 0.3 is 0 Å². The molecule has 0 spiro atoms. The van der Waals surface area contributed by atoms with E-state index in [-0.39, 0.29) is 0 Å². The van der Waals surface area contributed by atoms with Gasteiger partial charge in [0.15, 0.2) is 0 Å². The molecule has 0 fully saturated rings. The van der Waals surface area contributed by atoms with Gasteiger partial charge in [0.05, 0.1) is 19.3 Å². The highest BCUT2D eigenvalue weighted by molar-refractivity contribution is 5.58. The maximum Gasteiger partial charge on any atom is 0.0717 e. The van der Waals surface area contributed by atoms with Gasteiger partial charge in [-0.05, 0) is 35.7 Å². The summed E-state index contributed by atoms with van der Waals surface area (Å²) >= 11 is 0.